The van der Waals surface area contributed by atoms with Crippen molar-refractivity contribution in [2.75, 3.05) is 6.61 Å². The summed E-state index contributed by atoms with van der Waals surface area (Å²) in [4.78, 5) is 24.2. The minimum atomic E-state index is -1.41. The third kappa shape index (κ3) is 6.15. The van der Waals surface area contributed by atoms with Crippen LogP contribution in [0, 0.1) is 5.92 Å². The van der Waals surface area contributed by atoms with E-state index in [1.807, 2.05) is 6.92 Å². The van der Waals surface area contributed by atoms with Crippen molar-refractivity contribution in [3.8, 4) is 0 Å². The van der Waals surface area contributed by atoms with Gasteiger partial charge in [-0.25, -0.2) is 4.79 Å². The smallest absolute Gasteiger partial charge is 0.341 e. The van der Waals surface area contributed by atoms with E-state index >= 15 is 0 Å². The fourth-order valence-corrected chi connectivity index (χ4v) is 2.80. The Kier molecular flexibility index (Phi) is 8.97. The van der Waals surface area contributed by atoms with Crippen molar-refractivity contribution in [2.45, 2.75) is 48.1 Å². The maximum Gasteiger partial charge on any atom is 0.341 e. The van der Waals surface area contributed by atoms with Crippen molar-refractivity contribution in [1.29, 1.82) is 0 Å². The molecular formula is C12H19Br3O3. The van der Waals surface area contributed by atoms with E-state index in [1.165, 1.54) is 0 Å². The van der Waals surface area contributed by atoms with E-state index in [2.05, 4.69) is 54.7 Å². The zero-order valence-electron chi connectivity index (χ0n) is 10.8. The van der Waals surface area contributed by atoms with Crippen LogP contribution in [0.2, 0.25) is 0 Å². The fraction of sp³-hybridized carbons (Fsp3) is 0.833. The maximum absolute atomic E-state index is 12.2. The Labute approximate surface area is 134 Å². The number of alkyl halides is 3. The quantitative estimate of drug-likeness (QED) is 0.316. The molecule has 0 saturated carbocycles. The monoisotopic (exact) mass is 448 g/mol. The van der Waals surface area contributed by atoms with Crippen LogP contribution >= 0.6 is 47.8 Å². The standard InChI is InChI=1S/C12H19Br3O3/c1-4-18-11(17)12(14,15)10(16)8(2)6-5-7-9(3)13/h8-9H,4-7H2,1-3H3. The van der Waals surface area contributed by atoms with Gasteiger partial charge in [0.05, 0.1) is 6.61 Å². The summed E-state index contributed by atoms with van der Waals surface area (Å²) in [6.45, 7) is 5.86. The van der Waals surface area contributed by atoms with Gasteiger partial charge in [0.1, 0.15) is 0 Å². The molecule has 0 radical (unpaired) electrons. The number of hydrogen-bond donors (Lipinski definition) is 0. The largest absolute Gasteiger partial charge is 0.464 e. The van der Waals surface area contributed by atoms with Crippen LogP contribution in [0.4, 0.5) is 0 Å². The number of ether oxygens (including phenoxy) is 1. The summed E-state index contributed by atoms with van der Waals surface area (Å²) in [7, 11) is 0. The average molecular weight is 451 g/mol. The summed E-state index contributed by atoms with van der Waals surface area (Å²) in [5.74, 6) is -0.974. The number of carbonyl (C=O) groups excluding carboxylic acids is 2. The van der Waals surface area contributed by atoms with E-state index in [0.29, 0.717) is 4.83 Å². The maximum atomic E-state index is 12.2. The Bertz CT molecular complexity index is 290. The molecule has 6 heteroatoms. The molecule has 0 aromatic rings. The van der Waals surface area contributed by atoms with Gasteiger partial charge in [-0.15, -0.1) is 0 Å². The molecule has 0 aliphatic heterocycles. The number of Topliss-reactive ketones (excluding diaryl/α,β-unsaturated/α-hetero) is 1. The topological polar surface area (TPSA) is 43.4 Å². The highest BCUT2D eigenvalue weighted by atomic mass is 79.9. The number of hydrogen-bond acceptors (Lipinski definition) is 3. The fourth-order valence-electron chi connectivity index (χ4n) is 1.47. The predicted octanol–water partition coefficient (Wildman–Crippen LogP) is 4.19. The summed E-state index contributed by atoms with van der Waals surface area (Å²) < 4.78 is 3.45. The number of halogens is 3. The van der Waals surface area contributed by atoms with Gasteiger partial charge in [-0.3, -0.25) is 4.79 Å². The van der Waals surface area contributed by atoms with Crippen LogP contribution in [0.15, 0.2) is 0 Å². The Hall–Kier alpha value is 0.580. The van der Waals surface area contributed by atoms with E-state index in [-0.39, 0.29) is 18.3 Å². The summed E-state index contributed by atoms with van der Waals surface area (Å²) in [6.07, 6.45) is 2.71. The molecule has 0 amide bonds. The molecule has 0 bridgehead atoms. The number of carbonyl (C=O) groups is 2. The third-order valence-electron chi connectivity index (χ3n) is 2.53. The minimum absolute atomic E-state index is 0.192. The van der Waals surface area contributed by atoms with Crippen LogP contribution < -0.4 is 0 Å². The molecule has 0 aliphatic carbocycles. The van der Waals surface area contributed by atoms with Gasteiger partial charge in [-0.2, -0.15) is 0 Å². The van der Waals surface area contributed by atoms with Gasteiger partial charge in [0, 0.05) is 10.7 Å². The van der Waals surface area contributed by atoms with Crippen molar-refractivity contribution in [2.24, 2.45) is 5.92 Å². The minimum Gasteiger partial charge on any atom is -0.464 e. The third-order valence-corrected chi connectivity index (χ3v) is 4.41. The molecule has 0 N–H and O–H groups in total. The Morgan fingerprint density at radius 3 is 2.22 bits per heavy atom. The second-order valence-corrected chi connectivity index (χ2v) is 9.28. The molecule has 0 rings (SSSR count). The van der Waals surface area contributed by atoms with Gasteiger partial charge in [0.25, 0.3) is 0 Å². The summed E-state index contributed by atoms with van der Waals surface area (Å²) in [5.41, 5.74) is 0. The molecule has 0 spiro atoms. The Balaban J connectivity index is 4.38. The summed E-state index contributed by atoms with van der Waals surface area (Å²) in [6, 6.07) is 0. The van der Waals surface area contributed by atoms with Crippen LogP contribution in [0.3, 0.4) is 0 Å². The number of esters is 1. The van der Waals surface area contributed by atoms with Crippen molar-refractivity contribution in [3.63, 3.8) is 0 Å². The molecule has 3 nitrogen and oxygen atoms in total. The van der Waals surface area contributed by atoms with Gasteiger partial charge in [0.2, 0.25) is 3.23 Å². The molecule has 2 unspecified atom stereocenters. The zero-order valence-corrected chi connectivity index (χ0v) is 15.6. The van der Waals surface area contributed by atoms with Crippen LogP contribution in [-0.4, -0.2) is 26.4 Å². The van der Waals surface area contributed by atoms with E-state index < -0.39 is 9.20 Å². The molecule has 0 fully saturated rings. The van der Waals surface area contributed by atoms with E-state index in [1.54, 1.807) is 6.92 Å². The van der Waals surface area contributed by atoms with Gasteiger partial charge < -0.3 is 4.74 Å². The first-order valence-corrected chi connectivity index (χ1v) is 8.47. The molecule has 0 saturated heterocycles. The highest BCUT2D eigenvalue weighted by Crippen LogP contribution is 2.33. The number of ketones is 1. The van der Waals surface area contributed by atoms with Crippen molar-refractivity contribution >= 4 is 59.5 Å². The van der Waals surface area contributed by atoms with E-state index in [0.717, 1.165) is 19.3 Å². The lowest BCUT2D eigenvalue weighted by Crippen LogP contribution is -2.39. The van der Waals surface area contributed by atoms with Gasteiger partial charge >= 0.3 is 5.97 Å². The molecule has 18 heavy (non-hydrogen) atoms. The molecule has 0 aromatic heterocycles. The highest BCUT2D eigenvalue weighted by Gasteiger charge is 2.44. The molecule has 0 aliphatic rings. The summed E-state index contributed by atoms with van der Waals surface area (Å²) in [5, 5.41) is 0. The van der Waals surface area contributed by atoms with E-state index in [9.17, 15) is 9.59 Å². The van der Waals surface area contributed by atoms with Gasteiger partial charge in [0.15, 0.2) is 5.78 Å². The van der Waals surface area contributed by atoms with Crippen LogP contribution in [0.5, 0.6) is 0 Å². The van der Waals surface area contributed by atoms with Crippen molar-refractivity contribution in [3.05, 3.63) is 0 Å². The zero-order chi connectivity index (χ0) is 14.3. The lowest BCUT2D eigenvalue weighted by atomic mass is 9.97. The highest BCUT2D eigenvalue weighted by molar-refractivity contribution is 9.26. The lowest BCUT2D eigenvalue weighted by molar-refractivity contribution is -0.146. The molecule has 2 atom stereocenters. The van der Waals surface area contributed by atoms with Crippen molar-refractivity contribution < 1.29 is 14.3 Å². The van der Waals surface area contributed by atoms with Crippen LogP contribution in [0.25, 0.3) is 0 Å². The van der Waals surface area contributed by atoms with Crippen LogP contribution in [-0.2, 0) is 14.3 Å². The normalized spacial score (nSPS) is 15.0. The first kappa shape index (κ1) is 18.6. The van der Waals surface area contributed by atoms with Crippen LogP contribution in [0.1, 0.15) is 40.0 Å². The SMILES string of the molecule is CCOC(=O)C(Br)(Br)C(=O)C(C)CCCC(C)Br. The van der Waals surface area contributed by atoms with E-state index in [4.69, 9.17) is 4.74 Å². The Morgan fingerprint density at radius 1 is 1.22 bits per heavy atom. The first-order chi connectivity index (χ1) is 8.23. The second-order valence-electron chi connectivity index (χ2n) is 4.27. The van der Waals surface area contributed by atoms with Gasteiger partial charge in [-0.1, -0.05) is 68.1 Å². The molecular weight excluding hydrogens is 432 g/mol. The Morgan fingerprint density at radius 2 is 1.78 bits per heavy atom. The number of rotatable bonds is 8. The summed E-state index contributed by atoms with van der Waals surface area (Å²) >= 11 is 9.70. The first-order valence-electron chi connectivity index (χ1n) is 5.96. The molecule has 0 heterocycles. The molecule has 0 aromatic carbocycles. The second kappa shape index (κ2) is 8.69. The van der Waals surface area contributed by atoms with Gasteiger partial charge in [-0.05, 0) is 19.8 Å². The van der Waals surface area contributed by atoms with Crippen molar-refractivity contribution in [1.82, 2.24) is 0 Å². The predicted molar refractivity (Wildman–Crippen MR) is 83.6 cm³/mol. The lowest BCUT2D eigenvalue weighted by Gasteiger charge is -2.21. The average Bonchev–Trinajstić information content (AvgIpc) is 2.27. The molecule has 106 valence electrons.